The second kappa shape index (κ2) is 11.0. The maximum Gasteiger partial charge on any atom is 0.192 e. The Balaban J connectivity index is 1.40. The quantitative estimate of drug-likeness (QED) is 0.286. The summed E-state index contributed by atoms with van der Waals surface area (Å²) in [6.07, 6.45) is 2.35. The van der Waals surface area contributed by atoms with Gasteiger partial charge in [-0.2, -0.15) is 0 Å². The number of allylic oxidation sites excluding steroid dienone is 1. The summed E-state index contributed by atoms with van der Waals surface area (Å²) in [7, 11) is 2.83. The molecule has 2 saturated heterocycles. The minimum absolute atomic E-state index is 0.0812. The van der Waals surface area contributed by atoms with Crippen LogP contribution in [0.15, 0.2) is 66.7 Å². The average Bonchev–Trinajstić information content (AvgIpc) is 3.65. The summed E-state index contributed by atoms with van der Waals surface area (Å²) >= 11 is 1.54. The van der Waals surface area contributed by atoms with Gasteiger partial charge in [-0.1, -0.05) is 42.5 Å². The minimum atomic E-state index is -1.67. The number of aromatic hydroxyl groups is 2. The summed E-state index contributed by atoms with van der Waals surface area (Å²) in [6, 6.07) is 15.5. The molecule has 0 bridgehead atoms. The third kappa shape index (κ3) is 4.44. The van der Waals surface area contributed by atoms with E-state index in [1.54, 1.807) is 60.3 Å². The van der Waals surface area contributed by atoms with Gasteiger partial charge in [0.2, 0.25) is 0 Å². The van der Waals surface area contributed by atoms with Crippen LogP contribution < -0.4 is 9.47 Å². The molecule has 10 heteroatoms. The zero-order valence-electron chi connectivity index (χ0n) is 23.5. The molecular formula is C33H29NO8S. The van der Waals surface area contributed by atoms with Crippen molar-refractivity contribution in [2.75, 3.05) is 25.8 Å². The third-order valence-electron chi connectivity index (χ3n) is 8.65. The lowest BCUT2D eigenvalue weighted by Crippen LogP contribution is -2.56. The van der Waals surface area contributed by atoms with Crippen LogP contribution in [0, 0.1) is 5.92 Å². The summed E-state index contributed by atoms with van der Waals surface area (Å²) in [5.74, 6) is -2.19. The molecule has 2 aliphatic heterocycles. The van der Waals surface area contributed by atoms with E-state index in [2.05, 4.69) is 0 Å². The molecular weight excluding hydrogens is 570 g/mol. The molecule has 3 aromatic carbocycles. The number of carbonyl (C=O) groups excluding carboxylic acids is 4. The zero-order valence-corrected chi connectivity index (χ0v) is 24.3. The first-order chi connectivity index (χ1) is 20.7. The molecule has 1 spiro atoms. The summed E-state index contributed by atoms with van der Waals surface area (Å²) in [5.41, 5.74) is 0.00649. The minimum Gasteiger partial charge on any atom is -0.504 e. The highest BCUT2D eigenvalue weighted by Crippen LogP contribution is 2.58. The summed E-state index contributed by atoms with van der Waals surface area (Å²) in [4.78, 5) is 57.7. The van der Waals surface area contributed by atoms with Gasteiger partial charge in [0, 0.05) is 40.6 Å². The van der Waals surface area contributed by atoms with Gasteiger partial charge in [0.1, 0.15) is 5.78 Å². The lowest BCUT2D eigenvalue weighted by molar-refractivity contribution is -0.128. The fourth-order valence-corrected chi connectivity index (χ4v) is 8.13. The number of hydrogen-bond acceptors (Lipinski definition) is 10. The molecule has 2 heterocycles. The van der Waals surface area contributed by atoms with E-state index in [4.69, 9.17) is 9.47 Å². The molecule has 1 aliphatic carbocycles. The topological polar surface area (TPSA) is 130 Å². The summed E-state index contributed by atoms with van der Waals surface area (Å²) in [5, 5.41) is 20.4. The highest BCUT2D eigenvalue weighted by Gasteiger charge is 2.71. The summed E-state index contributed by atoms with van der Waals surface area (Å²) in [6.45, 7) is 0. The van der Waals surface area contributed by atoms with Gasteiger partial charge in [-0.15, -0.1) is 11.8 Å². The second-order valence-corrected chi connectivity index (χ2v) is 11.8. The largest absolute Gasteiger partial charge is 0.504 e. The van der Waals surface area contributed by atoms with E-state index in [9.17, 15) is 29.4 Å². The monoisotopic (exact) mass is 599 g/mol. The van der Waals surface area contributed by atoms with Gasteiger partial charge in [0.25, 0.3) is 0 Å². The smallest absolute Gasteiger partial charge is 0.192 e. The molecule has 0 radical (unpaired) electrons. The van der Waals surface area contributed by atoms with Crippen LogP contribution in [0.5, 0.6) is 23.0 Å². The number of ether oxygens (including phenoxy) is 2. The van der Waals surface area contributed by atoms with Gasteiger partial charge in [-0.25, -0.2) is 0 Å². The van der Waals surface area contributed by atoms with Gasteiger partial charge in [0.15, 0.2) is 45.9 Å². The molecule has 0 saturated carbocycles. The van der Waals surface area contributed by atoms with Crippen molar-refractivity contribution in [3.05, 3.63) is 89.0 Å². The molecule has 2 fully saturated rings. The molecule has 3 atom stereocenters. The van der Waals surface area contributed by atoms with Crippen LogP contribution in [0.4, 0.5) is 0 Å². The Morgan fingerprint density at radius 1 is 0.953 bits per heavy atom. The number of nitrogens with zero attached hydrogens (tertiary/aromatic N) is 1. The maximum atomic E-state index is 14.3. The van der Waals surface area contributed by atoms with Crippen molar-refractivity contribution >= 4 is 41.0 Å². The summed E-state index contributed by atoms with van der Waals surface area (Å²) < 4.78 is 10.4. The van der Waals surface area contributed by atoms with Gasteiger partial charge < -0.3 is 19.7 Å². The Labute approximate surface area is 252 Å². The number of phenolic OH excluding ortho intramolecular Hbond substituents is 2. The van der Waals surface area contributed by atoms with E-state index in [1.165, 1.54) is 38.5 Å². The van der Waals surface area contributed by atoms with Crippen molar-refractivity contribution in [3.8, 4) is 23.0 Å². The molecule has 3 aromatic rings. The van der Waals surface area contributed by atoms with Crippen LogP contribution in [-0.2, 0) is 9.59 Å². The molecule has 6 rings (SSSR count). The Kier molecular flexibility index (Phi) is 7.35. The number of benzene rings is 3. The van der Waals surface area contributed by atoms with E-state index in [0.717, 1.165) is 0 Å². The zero-order chi connectivity index (χ0) is 30.5. The van der Waals surface area contributed by atoms with E-state index in [-0.39, 0.29) is 34.6 Å². The van der Waals surface area contributed by atoms with Crippen LogP contribution in [0.1, 0.15) is 44.2 Å². The number of hydrogen-bond donors (Lipinski definition) is 2. The molecule has 43 heavy (non-hydrogen) atoms. The van der Waals surface area contributed by atoms with E-state index in [0.29, 0.717) is 39.6 Å². The van der Waals surface area contributed by atoms with Crippen molar-refractivity contribution in [2.24, 2.45) is 5.92 Å². The fourth-order valence-electron chi connectivity index (χ4n) is 6.80. The number of phenols is 2. The van der Waals surface area contributed by atoms with E-state index in [1.807, 2.05) is 4.90 Å². The number of rotatable bonds is 8. The Morgan fingerprint density at radius 3 is 2.30 bits per heavy atom. The fraction of sp³-hybridized carbons (Fsp3) is 0.273. The second-order valence-electron chi connectivity index (χ2n) is 10.8. The number of methoxy groups -OCH3 is 2. The Bertz CT molecular complexity index is 1660. The number of ketones is 4. The van der Waals surface area contributed by atoms with Gasteiger partial charge in [0.05, 0.1) is 20.6 Å². The third-order valence-corrected chi connectivity index (χ3v) is 9.69. The van der Waals surface area contributed by atoms with Crippen LogP contribution in [0.2, 0.25) is 0 Å². The molecule has 0 aromatic heterocycles. The van der Waals surface area contributed by atoms with E-state index < -0.39 is 35.6 Å². The predicted molar refractivity (Wildman–Crippen MR) is 160 cm³/mol. The maximum absolute atomic E-state index is 14.3. The number of fused-ring (bicyclic) bond motifs is 3. The SMILES string of the molecule is COc1ccc(/C=C/C(=O)CC(=O)C2C3CSCN3C3(C(=O)c4ccccc4C3=O)C2c2ccc(O)c(OC)c2)cc1O. The first kappa shape index (κ1) is 28.7. The van der Waals surface area contributed by atoms with Crippen molar-refractivity contribution < 1.29 is 38.9 Å². The number of thioether (sulfide) groups is 1. The van der Waals surface area contributed by atoms with Crippen LogP contribution in [0.25, 0.3) is 6.08 Å². The van der Waals surface area contributed by atoms with Crippen molar-refractivity contribution in [2.45, 2.75) is 23.9 Å². The Morgan fingerprint density at radius 2 is 1.65 bits per heavy atom. The molecule has 9 nitrogen and oxygen atoms in total. The van der Waals surface area contributed by atoms with Crippen LogP contribution in [0.3, 0.4) is 0 Å². The highest BCUT2D eigenvalue weighted by molar-refractivity contribution is 7.99. The van der Waals surface area contributed by atoms with Crippen molar-refractivity contribution in [1.29, 1.82) is 0 Å². The standard InChI is InChI=1S/C33H29NO8S/c1-41-27-12-8-18(13-25(27)37)7-10-20(35)15-26(38)29-23-16-43-17-34(23)33(30(29)19-9-11-24(36)28(14-19)42-2)31(39)21-5-3-4-6-22(21)32(33)40/h3-14,23,29-30,36-37H,15-17H2,1-2H3/b10-7+. The highest BCUT2D eigenvalue weighted by atomic mass is 32.2. The van der Waals surface area contributed by atoms with Gasteiger partial charge in [-0.3, -0.25) is 24.1 Å². The first-order valence-electron chi connectivity index (χ1n) is 13.7. The van der Waals surface area contributed by atoms with Crippen LogP contribution in [-0.4, -0.2) is 75.7 Å². The van der Waals surface area contributed by atoms with Gasteiger partial charge in [-0.05, 0) is 41.5 Å². The molecule has 220 valence electrons. The molecule has 3 aliphatic rings. The molecule has 2 N–H and O–H groups in total. The normalized spacial score (nSPS) is 22.2. The van der Waals surface area contributed by atoms with Crippen molar-refractivity contribution in [3.63, 3.8) is 0 Å². The molecule has 0 amide bonds. The van der Waals surface area contributed by atoms with Gasteiger partial charge >= 0.3 is 0 Å². The first-order valence-corrected chi connectivity index (χ1v) is 14.9. The lowest BCUT2D eigenvalue weighted by Gasteiger charge is -2.36. The lowest BCUT2D eigenvalue weighted by atomic mass is 9.70. The van der Waals surface area contributed by atoms with E-state index >= 15 is 0 Å². The Hall–Kier alpha value is -4.41. The predicted octanol–water partition coefficient (Wildman–Crippen LogP) is 4.26. The van der Waals surface area contributed by atoms with Crippen molar-refractivity contribution in [1.82, 2.24) is 4.90 Å². The average molecular weight is 600 g/mol. The number of carbonyl (C=O) groups is 4. The molecule has 3 unspecified atom stereocenters. The van der Waals surface area contributed by atoms with Crippen LogP contribution >= 0.6 is 11.8 Å². The number of Topliss-reactive ketones (excluding diaryl/α,β-unsaturated/α-hetero) is 3.